The van der Waals surface area contributed by atoms with Crippen LogP contribution in [-0.2, 0) is 9.84 Å². The van der Waals surface area contributed by atoms with E-state index in [-0.39, 0.29) is 11.8 Å². The average Bonchev–Trinajstić information content (AvgIpc) is 2.93. The van der Waals surface area contributed by atoms with E-state index < -0.39 is 9.84 Å². The molecule has 2 atom stereocenters. The predicted molar refractivity (Wildman–Crippen MR) is 64.5 cm³/mol. The molecular formula is C11H17N3O2S. The summed E-state index contributed by atoms with van der Waals surface area (Å²) in [6.45, 7) is 1.04. The molecule has 0 bridgehead atoms. The highest BCUT2D eigenvalue weighted by Gasteiger charge is 2.31. The Hall–Kier alpha value is -0.880. The standard InChI is InChI=1S/C11H17N3O2S/c15-17(16)5-3-9(7-17)14-8-12-6-11(14)10-2-1-4-13-10/h6,8-10,13H,1-5,7H2. The molecule has 2 saturated heterocycles. The van der Waals surface area contributed by atoms with Gasteiger partial charge in [-0.2, -0.15) is 0 Å². The largest absolute Gasteiger partial charge is 0.329 e. The van der Waals surface area contributed by atoms with E-state index in [1.165, 1.54) is 6.42 Å². The van der Waals surface area contributed by atoms with Crippen LogP contribution in [0.2, 0.25) is 0 Å². The fourth-order valence-corrected chi connectivity index (χ4v) is 4.53. The minimum absolute atomic E-state index is 0.0832. The van der Waals surface area contributed by atoms with Gasteiger partial charge in [0.25, 0.3) is 0 Å². The Bertz CT molecular complexity index is 503. The van der Waals surface area contributed by atoms with Gasteiger partial charge in [-0.25, -0.2) is 13.4 Å². The summed E-state index contributed by atoms with van der Waals surface area (Å²) in [6.07, 6.45) is 6.66. The number of rotatable bonds is 2. The average molecular weight is 255 g/mol. The highest BCUT2D eigenvalue weighted by atomic mass is 32.2. The minimum Gasteiger partial charge on any atom is -0.329 e. The van der Waals surface area contributed by atoms with Gasteiger partial charge in [0, 0.05) is 18.3 Å². The van der Waals surface area contributed by atoms with Crippen LogP contribution in [0.5, 0.6) is 0 Å². The Morgan fingerprint density at radius 2 is 2.29 bits per heavy atom. The second-order valence-corrected chi connectivity index (χ2v) is 7.16. The molecule has 5 nitrogen and oxygen atoms in total. The first-order valence-corrected chi connectivity index (χ1v) is 7.93. The fourth-order valence-electron chi connectivity index (χ4n) is 2.82. The first-order valence-electron chi connectivity index (χ1n) is 6.11. The summed E-state index contributed by atoms with van der Waals surface area (Å²) < 4.78 is 25.1. The van der Waals surface area contributed by atoms with Crippen LogP contribution < -0.4 is 5.32 Å². The maximum atomic E-state index is 11.5. The predicted octanol–water partition coefficient (Wildman–Crippen LogP) is 0.667. The van der Waals surface area contributed by atoms with Crippen molar-refractivity contribution in [3.05, 3.63) is 18.2 Å². The maximum Gasteiger partial charge on any atom is 0.152 e. The molecule has 3 rings (SSSR count). The quantitative estimate of drug-likeness (QED) is 0.843. The molecule has 94 valence electrons. The van der Waals surface area contributed by atoms with Crippen molar-refractivity contribution in [3.63, 3.8) is 0 Å². The lowest BCUT2D eigenvalue weighted by molar-refractivity contribution is 0.497. The molecule has 1 aromatic rings. The molecule has 3 heterocycles. The summed E-state index contributed by atoms with van der Waals surface area (Å²) in [5.74, 6) is 0.580. The van der Waals surface area contributed by atoms with Crippen molar-refractivity contribution in [2.24, 2.45) is 0 Å². The zero-order chi connectivity index (χ0) is 11.9. The van der Waals surface area contributed by atoms with Crippen LogP contribution in [0, 0.1) is 0 Å². The molecule has 0 aromatic carbocycles. The summed E-state index contributed by atoms with van der Waals surface area (Å²) in [6, 6.07) is 0.431. The van der Waals surface area contributed by atoms with E-state index in [9.17, 15) is 8.42 Å². The van der Waals surface area contributed by atoms with Crippen molar-refractivity contribution in [1.29, 1.82) is 0 Å². The van der Waals surface area contributed by atoms with Crippen molar-refractivity contribution < 1.29 is 8.42 Å². The molecule has 0 saturated carbocycles. The second kappa shape index (κ2) is 4.10. The highest BCUT2D eigenvalue weighted by molar-refractivity contribution is 7.91. The number of hydrogen-bond acceptors (Lipinski definition) is 4. The van der Waals surface area contributed by atoms with Gasteiger partial charge in [-0.05, 0) is 25.8 Å². The Morgan fingerprint density at radius 1 is 1.41 bits per heavy atom. The molecule has 2 fully saturated rings. The van der Waals surface area contributed by atoms with E-state index in [4.69, 9.17) is 0 Å². The van der Waals surface area contributed by atoms with Gasteiger partial charge >= 0.3 is 0 Å². The Kier molecular flexibility index (Phi) is 2.71. The Balaban J connectivity index is 1.86. The van der Waals surface area contributed by atoms with Crippen LogP contribution in [0.15, 0.2) is 12.5 Å². The molecule has 1 N–H and O–H groups in total. The lowest BCUT2D eigenvalue weighted by Crippen LogP contribution is -2.20. The zero-order valence-electron chi connectivity index (χ0n) is 9.67. The highest BCUT2D eigenvalue weighted by Crippen LogP contribution is 2.29. The van der Waals surface area contributed by atoms with E-state index >= 15 is 0 Å². The molecular weight excluding hydrogens is 238 g/mol. The van der Waals surface area contributed by atoms with E-state index in [1.54, 1.807) is 6.33 Å². The Labute approximate surface area is 101 Å². The number of imidazole rings is 1. The van der Waals surface area contributed by atoms with Crippen LogP contribution >= 0.6 is 0 Å². The summed E-state index contributed by atoms with van der Waals surface area (Å²) in [5.41, 5.74) is 1.14. The summed E-state index contributed by atoms with van der Waals surface area (Å²) in [5, 5.41) is 3.43. The number of nitrogens with zero attached hydrogens (tertiary/aromatic N) is 2. The third-order valence-corrected chi connectivity index (χ3v) is 5.47. The maximum absolute atomic E-state index is 11.5. The van der Waals surface area contributed by atoms with Gasteiger partial charge in [0.1, 0.15) is 0 Å². The molecule has 0 amide bonds. The summed E-state index contributed by atoms with van der Waals surface area (Å²) in [7, 11) is -2.83. The van der Waals surface area contributed by atoms with E-state index in [0.717, 1.165) is 25.1 Å². The third kappa shape index (κ3) is 2.11. The minimum atomic E-state index is -2.83. The van der Waals surface area contributed by atoms with Gasteiger partial charge < -0.3 is 9.88 Å². The molecule has 6 heteroatoms. The number of hydrogen-bond donors (Lipinski definition) is 1. The monoisotopic (exact) mass is 255 g/mol. The molecule has 0 spiro atoms. The van der Waals surface area contributed by atoms with E-state index in [1.807, 2.05) is 6.20 Å². The van der Waals surface area contributed by atoms with Crippen molar-refractivity contribution in [2.75, 3.05) is 18.1 Å². The van der Waals surface area contributed by atoms with Crippen LogP contribution in [0.25, 0.3) is 0 Å². The van der Waals surface area contributed by atoms with Crippen LogP contribution in [0.1, 0.15) is 37.0 Å². The SMILES string of the molecule is O=S1(=O)CCC(n2cncc2C2CCCN2)C1. The van der Waals surface area contributed by atoms with Gasteiger partial charge in [0.15, 0.2) is 9.84 Å². The van der Waals surface area contributed by atoms with Crippen LogP contribution in [-0.4, -0.2) is 36.0 Å². The molecule has 2 aliphatic heterocycles. The second-order valence-electron chi connectivity index (χ2n) is 4.93. The van der Waals surface area contributed by atoms with E-state index in [2.05, 4.69) is 14.9 Å². The topological polar surface area (TPSA) is 64.0 Å². The van der Waals surface area contributed by atoms with Crippen molar-refractivity contribution in [1.82, 2.24) is 14.9 Å². The normalized spacial score (nSPS) is 32.0. The van der Waals surface area contributed by atoms with Gasteiger partial charge in [-0.1, -0.05) is 0 Å². The lowest BCUT2D eigenvalue weighted by Gasteiger charge is -2.18. The van der Waals surface area contributed by atoms with Gasteiger partial charge in [-0.3, -0.25) is 0 Å². The third-order valence-electron chi connectivity index (χ3n) is 3.72. The molecule has 0 radical (unpaired) electrons. The molecule has 2 aliphatic rings. The van der Waals surface area contributed by atoms with Gasteiger partial charge in [-0.15, -0.1) is 0 Å². The Morgan fingerprint density at radius 3 is 2.94 bits per heavy atom. The van der Waals surface area contributed by atoms with Crippen molar-refractivity contribution >= 4 is 9.84 Å². The van der Waals surface area contributed by atoms with Gasteiger partial charge in [0.05, 0.1) is 23.5 Å². The smallest absolute Gasteiger partial charge is 0.152 e. The van der Waals surface area contributed by atoms with Gasteiger partial charge in [0.2, 0.25) is 0 Å². The first-order chi connectivity index (χ1) is 8.16. The first kappa shape index (κ1) is 11.2. The van der Waals surface area contributed by atoms with Crippen LogP contribution in [0.4, 0.5) is 0 Å². The number of sulfone groups is 1. The molecule has 0 aliphatic carbocycles. The fraction of sp³-hybridized carbons (Fsp3) is 0.727. The van der Waals surface area contributed by atoms with Crippen molar-refractivity contribution in [2.45, 2.75) is 31.3 Å². The van der Waals surface area contributed by atoms with E-state index in [0.29, 0.717) is 11.8 Å². The van der Waals surface area contributed by atoms with Crippen molar-refractivity contribution in [3.8, 4) is 0 Å². The molecule has 17 heavy (non-hydrogen) atoms. The zero-order valence-corrected chi connectivity index (χ0v) is 10.5. The molecule has 1 aromatic heterocycles. The lowest BCUT2D eigenvalue weighted by atomic mass is 10.1. The number of aromatic nitrogens is 2. The molecule has 2 unspecified atom stereocenters. The van der Waals surface area contributed by atoms with Crippen LogP contribution in [0.3, 0.4) is 0 Å². The number of nitrogens with one attached hydrogen (secondary N) is 1. The summed E-state index contributed by atoms with van der Waals surface area (Å²) in [4.78, 5) is 4.19. The summed E-state index contributed by atoms with van der Waals surface area (Å²) >= 11 is 0.